The van der Waals surface area contributed by atoms with E-state index in [2.05, 4.69) is 15.5 Å². The first kappa shape index (κ1) is 13.2. The van der Waals surface area contributed by atoms with Gasteiger partial charge in [0, 0.05) is 11.3 Å². The standard InChI is InChI=1S/C10H15N3O4/c1-5-7(6(2)13-12-5)3-9(15)11-4-8(14)10(16)17/h8,14H,3-4H2,1-2H3,(H,11,15)(H,12,13)(H,16,17). The van der Waals surface area contributed by atoms with E-state index in [1.807, 2.05) is 0 Å². The van der Waals surface area contributed by atoms with Crippen LogP contribution in [0.15, 0.2) is 0 Å². The number of hydrogen-bond acceptors (Lipinski definition) is 4. The summed E-state index contributed by atoms with van der Waals surface area (Å²) in [5.41, 5.74) is 2.32. The third kappa shape index (κ3) is 3.56. The van der Waals surface area contributed by atoms with Gasteiger partial charge in [-0.3, -0.25) is 9.89 Å². The summed E-state index contributed by atoms with van der Waals surface area (Å²) < 4.78 is 0. The van der Waals surface area contributed by atoms with E-state index >= 15 is 0 Å². The van der Waals surface area contributed by atoms with Crippen molar-refractivity contribution in [1.29, 1.82) is 0 Å². The molecule has 0 bridgehead atoms. The molecule has 0 aromatic carbocycles. The van der Waals surface area contributed by atoms with Gasteiger partial charge in [-0.1, -0.05) is 0 Å². The van der Waals surface area contributed by atoms with Gasteiger partial charge >= 0.3 is 5.97 Å². The fourth-order valence-corrected chi connectivity index (χ4v) is 1.36. The molecular weight excluding hydrogens is 226 g/mol. The number of nitrogens with one attached hydrogen (secondary N) is 2. The number of aromatic amines is 1. The van der Waals surface area contributed by atoms with Crippen LogP contribution in [0.5, 0.6) is 0 Å². The van der Waals surface area contributed by atoms with E-state index in [4.69, 9.17) is 10.2 Å². The summed E-state index contributed by atoms with van der Waals surface area (Å²) in [6.45, 7) is 3.27. The minimum Gasteiger partial charge on any atom is -0.479 e. The zero-order chi connectivity index (χ0) is 13.0. The van der Waals surface area contributed by atoms with Crippen molar-refractivity contribution in [3.8, 4) is 0 Å². The van der Waals surface area contributed by atoms with Gasteiger partial charge in [-0.05, 0) is 13.8 Å². The molecule has 1 amide bonds. The van der Waals surface area contributed by atoms with E-state index in [9.17, 15) is 9.59 Å². The van der Waals surface area contributed by atoms with E-state index < -0.39 is 12.1 Å². The molecule has 17 heavy (non-hydrogen) atoms. The molecule has 1 rings (SSSR count). The Balaban J connectivity index is 2.48. The minimum atomic E-state index is -1.58. The number of carbonyl (C=O) groups excluding carboxylic acids is 1. The molecule has 1 heterocycles. The number of aliphatic hydroxyl groups is 1. The number of aliphatic carboxylic acids is 1. The molecule has 1 aromatic heterocycles. The third-order valence-electron chi connectivity index (χ3n) is 2.40. The number of aromatic nitrogens is 2. The van der Waals surface area contributed by atoms with Crippen molar-refractivity contribution < 1.29 is 19.8 Å². The Morgan fingerprint density at radius 1 is 1.47 bits per heavy atom. The Labute approximate surface area is 97.8 Å². The quantitative estimate of drug-likeness (QED) is 0.535. The van der Waals surface area contributed by atoms with E-state index in [0.29, 0.717) is 0 Å². The van der Waals surface area contributed by atoms with Crippen LogP contribution < -0.4 is 5.32 Å². The molecule has 1 aromatic rings. The molecule has 0 aliphatic carbocycles. The first-order chi connectivity index (χ1) is 7.91. The number of aryl methyl sites for hydroxylation is 2. The van der Waals surface area contributed by atoms with Crippen molar-refractivity contribution in [1.82, 2.24) is 15.5 Å². The van der Waals surface area contributed by atoms with Crippen molar-refractivity contribution in [2.45, 2.75) is 26.4 Å². The number of amides is 1. The maximum atomic E-state index is 11.5. The third-order valence-corrected chi connectivity index (χ3v) is 2.40. The van der Waals surface area contributed by atoms with Crippen LogP contribution in [0.2, 0.25) is 0 Å². The largest absolute Gasteiger partial charge is 0.479 e. The summed E-state index contributed by atoms with van der Waals surface area (Å²) in [7, 11) is 0. The van der Waals surface area contributed by atoms with Gasteiger partial charge in [0.05, 0.1) is 18.7 Å². The highest BCUT2D eigenvalue weighted by Gasteiger charge is 2.16. The molecular formula is C10H15N3O4. The van der Waals surface area contributed by atoms with Crippen molar-refractivity contribution in [3.63, 3.8) is 0 Å². The maximum Gasteiger partial charge on any atom is 0.334 e. The number of carbonyl (C=O) groups is 2. The van der Waals surface area contributed by atoms with E-state index in [1.54, 1.807) is 13.8 Å². The number of carboxylic acid groups (broad SMARTS) is 1. The molecule has 94 valence electrons. The predicted molar refractivity (Wildman–Crippen MR) is 58.4 cm³/mol. The highest BCUT2D eigenvalue weighted by molar-refractivity contribution is 5.80. The van der Waals surface area contributed by atoms with Gasteiger partial charge in [0.25, 0.3) is 0 Å². The normalized spacial score (nSPS) is 12.2. The van der Waals surface area contributed by atoms with Crippen LogP contribution in [0.4, 0.5) is 0 Å². The number of carboxylic acids is 1. The average molecular weight is 241 g/mol. The Morgan fingerprint density at radius 2 is 2.12 bits per heavy atom. The molecule has 0 saturated heterocycles. The Morgan fingerprint density at radius 3 is 2.59 bits per heavy atom. The minimum absolute atomic E-state index is 0.112. The lowest BCUT2D eigenvalue weighted by Crippen LogP contribution is -2.37. The van der Waals surface area contributed by atoms with Gasteiger partial charge in [-0.25, -0.2) is 4.79 Å². The fraction of sp³-hybridized carbons (Fsp3) is 0.500. The molecule has 7 heteroatoms. The second-order valence-corrected chi connectivity index (χ2v) is 3.75. The average Bonchev–Trinajstić information content (AvgIpc) is 2.57. The fourth-order valence-electron chi connectivity index (χ4n) is 1.36. The summed E-state index contributed by atoms with van der Waals surface area (Å²) in [5.74, 6) is -1.71. The second-order valence-electron chi connectivity index (χ2n) is 3.75. The van der Waals surface area contributed by atoms with Crippen LogP contribution >= 0.6 is 0 Å². The highest BCUT2D eigenvalue weighted by Crippen LogP contribution is 2.09. The van der Waals surface area contributed by atoms with Crippen molar-refractivity contribution in [3.05, 3.63) is 17.0 Å². The van der Waals surface area contributed by atoms with Gasteiger partial charge in [-0.2, -0.15) is 5.10 Å². The number of H-pyrrole nitrogens is 1. The van der Waals surface area contributed by atoms with Crippen LogP contribution in [-0.4, -0.2) is 44.9 Å². The summed E-state index contributed by atoms with van der Waals surface area (Å²) in [4.78, 5) is 21.8. The Bertz CT molecular complexity index is 408. The Kier molecular flexibility index (Phi) is 4.22. The van der Waals surface area contributed by atoms with E-state index in [1.165, 1.54) is 0 Å². The van der Waals surface area contributed by atoms with Crippen molar-refractivity contribution >= 4 is 11.9 Å². The number of aliphatic hydroxyl groups excluding tert-OH is 1. The molecule has 0 aliphatic rings. The molecule has 0 saturated carbocycles. The lowest BCUT2D eigenvalue weighted by atomic mass is 10.1. The van der Waals surface area contributed by atoms with Crippen molar-refractivity contribution in [2.24, 2.45) is 0 Å². The van der Waals surface area contributed by atoms with Gasteiger partial charge in [-0.15, -0.1) is 0 Å². The summed E-state index contributed by atoms with van der Waals surface area (Å²) >= 11 is 0. The van der Waals surface area contributed by atoms with Gasteiger partial charge in [0.2, 0.25) is 5.91 Å². The van der Waals surface area contributed by atoms with E-state index in [0.717, 1.165) is 17.0 Å². The number of nitrogens with zero attached hydrogens (tertiary/aromatic N) is 1. The predicted octanol–water partition coefficient (Wildman–Crippen LogP) is -0.869. The SMILES string of the molecule is Cc1n[nH]c(C)c1CC(=O)NCC(O)C(=O)O. The zero-order valence-electron chi connectivity index (χ0n) is 9.65. The Hall–Kier alpha value is -1.89. The summed E-state index contributed by atoms with van der Waals surface area (Å²) in [6, 6.07) is 0. The monoisotopic (exact) mass is 241 g/mol. The van der Waals surface area contributed by atoms with E-state index in [-0.39, 0.29) is 18.9 Å². The van der Waals surface area contributed by atoms with Gasteiger partial charge in [0.1, 0.15) is 0 Å². The van der Waals surface area contributed by atoms with Crippen LogP contribution in [-0.2, 0) is 16.0 Å². The lowest BCUT2D eigenvalue weighted by molar-refractivity contribution is -0.146. The molecule has 0 radical (unpaired) electrons. The number of hydrogen-bond donors (Lipinski definition) is 4. The summed E-state index contributed by atoms with van der Waals surface area (Å²) in [6.07, 6.45) is -1.47. The second kappa shape index (κ2) is 5.44. The molecule has 4 N–H and O–H groups in total. The molecule has 1 unspecified atom stereocenters. The zero-order valence-corrected chi connectivity index (χ0v) is 9.65. The molecule has 7 nitrogen and oxygen atoms in total. The highest BCUT2D eigenvalue weighted by atomic mass is 16.4. The first-order valence-electron chi connectivity index (χ1n) is 5.09. The number of rotatable bonds is 5. The van der Waals surface area contributed by atoms with Gasteiger partial charge < -0.3 is 15.5 Å². The molecule has 0 spiro atoms. The first-order valence-corrected chi connectivity index (χ1v) is 5.09. The van der Waals surface area contributed by atoms with Crippen LogP contribution in [0.25, 0.3) is 0 Å². The molecule has 1 atom stereocenters. The lowest BCUT2D eigenvalue weighted by Gasteiger charge is -2.07. The van der Waals surface area contributed by atoms with Crippen LogP contribution in [0, 0.1) is 13.8 Å². The summed E-state index contributed by atoms with van der Waals surface area (Å²) in [5, 5.41) is 26.4. The van der Waals surface area contributed by atoms with Gasteiger partial charge in [0.15, 0.2) is 6.10 Å². The topological polar surface area (TPSA) is 115 Å². The molecule has 0 aliphatic heterocycles. The van der Waals surface area contributed by atoms with Crippen LogP contribution in [0.3, 0.4) is 0 Å². The maximum absolute atomic E-state index is 11.5. The smallest absolute Gasteiger partial charge is 0.334 e. The van der Waals surface area contributed by atoms with Crippen molar-refractivity contribution in [2.75, 3.05) is 6.54 Å². The van der Waals surface area contributed by atoms with Crippen LogP contribution in [0.1, 0.15) is 17.0 Å². The molecule has 0 fully saturated rings.